The van der Waals surface area contributed by atoms with Crippen LogP contribution >= 0.6 is 0 Å². The van der Waals surface area contributed by atoms with Gasteiger partial charge in [0.25, 0.3) is 0 Å². The molecule has 0 saturated heterocycles. The van der Waals surface area contributed by atoms with Crippen LogP contribution in [0.5, 0.6) is 23.0 Å². The van der Waals surface area contributed by atoms with Crippen molar-refractivity contribution in [3.8, 4) is 23.0 Å². The molecular weight excluding hydrogens is 352 g/mol. The van der Waals surface area contributed by atoms with Crippen LogP contribution in [0.1, 0.15) is 20.7 Å². The van der Waals surface area contributed by atoms with Crippen LogP contribution < -0.4 is 9.47 Å². The average molecular weight is 372 g/mol. The lowest BCUT2D eigenvalue weighted by atomic mass is 10.2. The van der Waals surface area contributed by atoms with Gasteiger partial charge in [0.15, 0.2) is 23.0 Å². The van der Waals surface area contributed by atoms with Crippen LogP contribution in [0.2, 0.25) is 0 Å². The highest BCUT2D eigenvalue weighted by Crippen LogP contribution is 2.29. The van der Waals surface area contributed by atoms with E-state index in [4.69, 9.17) is 19.7 Å². The maximum atomic E-state index is 10.5. The second kappa shape index (κ2) is 11.1. The van der Waals surface area contributed by atoms with Crippen molar-refractivity contribution in [1.29, 1.82) is 0 Å². The molecule has 0 bridgehead atoms. The van der Waals surface area contributed by atoms with E-state index in [1.165, 1.54) is 50.6 Å². The Bertz CT molecular complexity index is 678. The van der Waals surface area contributed by atoms with Crippen LogP contribution in [0.25, 0.3) is 0 Å². The smallest absolute Gasteiger partial charge is 0.339 e. The van der Waals surface area contributed by atoms with Gasteiger partial charge in [0.05, 0.1) is 14.2 Å². The van der Waals surface area contributed by atoms with Crippen molar-refractivity contribution in [1.82, 2.24) is 0 Å². The van der Waals surface area contributed by atoms with Gasteiger partial charge in [0.2, 0.25) is 0 Å². The quantitative estimate of drug-likeness (QED) is 0.596. The fourth-order valence-electron chi connectivity index (χ4n) is 1.72. The number of carboxylic acids is 2. The van der Waals surface area contributed by atoms with E-state index in [9.17, 15) is 19.8 Å². The minimum Gasteiger partial charge on any atom is -0.504 e. The normalized spacial score (nSPS) is 8.69. The Balaban J connectivity index is 0. The van der Waals surface area contributed by atoms with Crippen LogP contribution in [0.3, 0.4) is 0 Å². The van der Waals surface area contributed by atoms with Crippen LogP contribution in [0.15, 0.2) is 36.4 Å². The topological polar surface area (TPSA) is 197 Å². The first kappa shape index (κ1) is 24.7. The predicted octanol–water partition coefficient (Wildman–Crippen LogP) is 0.549. The van der Waals surface area contributed by atoms with Gasteiger partial charge in [-0.3, -0.25) is 0 Å². The van der Waals surface area contributed by atoms with Crippen molar-refractivity contribution in [2.75, 3.05) is 14.2 Å². The summed E-state index contributed by atoms with van der Waals surface area (Å²) in [7, 11) is 2.72. The molecule has 2 rings (SSSR count). The lowest BCUT2D eigenvalue weighted by molar-refractivity contribution is 0.0681. The summed E-state index contributed by atoms with van der Waals surface area (Å²) in [5.74, 6) is -2.71. The van der Waals surface area contributed by atoms with E-state index in [0.717, 1.165) is 0 Å². The zero-order chi connectivity index (χ0) is 18.3. The molecule has 0 unspecified atom stereocenters. The number of aromatic hydroxyl groups is 2. The number of aromatic carboxylic acids is 2. The first-order valence-electron chi connectivity index (χ1n) is 6.52. The van der Waals surface area contributed by atoms with E-state index in [2.05, 4.69) is 0 Å². The van der Waals surface area contributed by atoms with Crippen LogP contribution in [0.4, 0.5) is 0 Å². The first-order valence-corrected chi connectivity index (χ1v) is 6.52. The number of phenols is 2. The third-order valence-corrected chi connectivity index (χ3v) is 2.90. The lowest BCUT2D eigenvalue weighted by Crippen LogP contribution is -1.97. The van der Waals surface area contributed by atoms with Gasteiger partial charge in [-0.05, 0) is 24.3 Å². The van der Waals surface area contributed by atoms with Crippen LogP contribution in [0, 0.1) is 0 Å². The molecule has 0 amide bonds. The van der Waals surface area contributed by atoms with Gasteiger partial charge in [-0.2, -0.15) is 0 Å². The predicted molar refractivity (Wildman–Crippen MR) is 90.5 cm³/mol. The zero-order valence-corrected chi connectivity index (χ0v) is 13.9. The van der Waals surface area contributed by atoms with Crippen molar-refractivity contribution >= 4 is 11.9 Å². The molecule has 0 aliphatic heterocycles. The summed E-state index contributed by atoms with van der Waals surface area (Å²) < 4.78 is 9.44. The number of para-hydroxylation sites is 2. The van der Waals surface area contributed by atoms with Crippen molar-refractivity contribution in [2.45, 2.75) is 0 Å². The third kappa shape index (κ3) is 5.85. The molecule has 2 aromatic carbocycles. The molecule has 0 saturated carbocycles. The molecule has 0 aliphatic carbocycles. The largest absolute Gasteiger partial charge is 0.504 e. The molecule has 0 heterocycles. The number of carboxylic acid groups (broad SMARTS) is 2. The highest BCUT2D eigenvalue weighted by Gasteiger charge is 2.13. The Kier molecular flexibility index (Phi) is 10.6. The van der Waals surface area contributed by atoms with E-state index >= 15 is 0 Å². The summed E-state index contributed by atoms with van der Waals surface area (Å²) in [6.45, 7) is 0. The second-order valence-electron chi connectivity index (χ2n) is 4.32. The molecule has 10 heteroatoms. The van der Waals surface area contributed by atoms with Gasteiger partial charge >= 0.3 is 11.9 Å². The molecule has 0 spiro atoms. The summed E-state index contributed by atoms with van der Waals surface area (Å²) in [5.41, 5.74) is -0.316. The summed E-state index contributed by atoms with van der Waals surface area (Å²) in [4.78, 5) is 20.9. The number of ether oxygens (including phenoxy) is 2. The van der Waals surface area contributed by atoms with Gasteiger partial charge in [0, 0.05) is 0 Å². The Morgan fingerprint density at radius 2 is 1.04 bits per heavy atom. The molecule has 10 nitrogen and oxygen atoms in total. The SMILES string of the molecule is COc1cccc(C(=O)O)c1O.COc1cccc(C(=O)O)c1O.O.O. The maximum Gasteiger partial charge on any atom is 0.339 e. The molecule has 0 atom stereocenters. The number of hydrogen-bond acceptors (Lipinski definition) is 6. The molecule has 0 radical (unpaired) electrons. The number of rotatable bonds is 4. The second-order valence-corrected chi connectivity index (χ2v) is 4.32. The average Bonchev–Trinajstić information content (AvgIpc) is 2.55. The van der Waals surface area contributed by atoms with Crippen molar-refractivity contribution in [3.63, 3.8) is 0 Å². The van der Waals surface area contributed by atoms with Crippen molar-refractivity contribution < 1.29 is 50.4 Å². The summed E-state index contributed by atoms with van der Waals surface area (Å²) in [6.07, 6.45) is 0. The summed E-state index contributed by atoms with van der Waals surface area (Å²) in [6, 6.07) is 8.59. The minimum atomic E-state index is -1.17. The van der Waals surface area contributed by atoms with E-state index in [1.54, 1.807) is 0 Å². The fourth-order valence-corrected chi connectivity index (χ4v) is 1.72. The van der Waals surface area contributed by atoms with E-state index < -0.39 is 11.9 Å². The van der Waals surface area contributed by atoms with Gasteiger partial charge in [-0.15, -0.1) is 0 Å². The number of methoxy groups -OCH3 is 2. The standard InChI is InChI=1S/2C8H8O4.2H2O/c2*1-12-6-4-2-3-5(7(6)9)8(10)11;;/h2*2-4,9H,1H3,(H,10,11);2*1H2. The van der Waals surface area contributed by atoms with Crippen LogP contribution in [-0.2, 0) is 0 Å². The molecule has 0 aromatic heterocycles. The van der Waals surface area contributed by atoms with E-state index in [-0.39, 0.29) is 45.1 Å². The van der Waals surface area contributed by atoms with E-state index in [0.29, 0.717) is 0 Å². The lowest BCUT2D eigenvalue weighted by Gasteiger charge is -2.04. The molecule has 0 fully saturated rings. The summed E-state index contributed by atoms with van der Waals surface area (Å²) in [5, 5.41) is 35.6. The van der Waals surface area contributed by atoms with Gasteiger partial charge in [-0.1, -0.05) is 12.1 Å². The number of carbonyl (C=O) groups is 2. The minimum absolute atomic E-state index is 0. The van der Waals surface area contributed by atoms with Gasteiger partial charge in [-0.25, -0.2) is 9.59 Å². The number of benzene rings is 2. The monoisotopic (exact) mass is 372 g/mol. The maximum absolute atomic E-state index is 10.5. The van der Waals surface area contributed by atoms with Crippen molar-refractivity contribution in [2.24, 2.45) is 0 Å². The molecule has 26 heavy (non-hydrogen) atoms. The first-order chi connectivity index (χ1) is 11.3. The van der Waals surface area contributed by atoms with Crippen LogP contribution in [-0.4, -0.2) is 57.5 Å². The van der Waals surface area contributed by atoms with Gasteiger partial charge in [0.1, 0.15) is 11.1 Å². The number of hydrogen-bond donors (Lipinski definition) is 4. The van der Waals surface area contributed by atoms with Crippen molar-refractivity contribution in [3.05, 3.63) is 47.5 Å². The molecule has 8 N–H and O–H groups in total. The molecule has 144 valence electrons. The summed E-state index contributed by atoms with van der Waals surface area (Å²) >= 11 is 0. The molecular formula is C16H20O10. The van der Waals surface area contributed by atoms with Gasteiger partial charge < -0.3 is 40.9 Å². The highest BCUT2D eigenvalue weighted by molar-refractivity contribution is 5.92. The zero-order valence-electron chi connectivity index (χ0n) is 13.9. The Hall–Kier alpha value is -3.50. The Morgan fingerprint density at radius 3 is 1.27 bits per heavy atom. The highest BCUT2D eigenvalue weighted by atomic mass is 16.5. The fraction of sp³-hybridized carbons (Fsp3) is 0.125. The molecule has 2 aromatic rings. The Labute approximate surface area is 148 Å². The Morgan fingerprint density at radius 1 is 0.731 bits per heavy atom. The third-order valence-electron chi connectivity index (χ3n) is 2.90. The molecule has 0 aliphatic rings. The van der Waals surface area contributed by atoms with E-state index in [1.807, 2.05) is 0 Å².